The van der Waals surface area contributed by atoms with Crippen LogP contribution in [0.4, 0.5) is 0 Å². The predicted octanol–water partition coefficient (Wildman–Crippen LogP) is 2.59. The van der Waals surface area contributed by atoms with Gasteiger partial charge in [-0.05, 0) is 38.4 Å². The highest BCUT2D eigenvalue weighted by atomic mass is 16.3. The van der Waals surface area contributed by atoms with Crippen LogP contribution in [0.15, 0.2) is 30.3 Å². The van der Waals surface area contributed by atoms with Crippen molar-refractivity contribution in [3.05, 3.63) is 35.9 Å². The highest BCUT2D eigenvalue weighted by Crippen LogP contribution is 2.23. The first-order chi connectivity index (χ1) is 7.79. The van der Waals surface area contributed by atoms with Gasteiger partial charge >= 0.3 is 0 Å². The second-order valence-electron chi connectivity index (χ2n) is 4.69. The number of rotatable bonds is 3. The van der Waals surface area contributed by atoms with Crippen molar-refractivity contribution in [2.45, 2.75) is 38.3 Å². The lowest BCUT2D eigenvalue weighted by molar-refractivity contribution is 0.0471. The number of hydrogen-bond donors (Lipinski definition) is 1. The molecule has 88 valence electrons. The quantitative estimate of drug-likeness (QED) is 0.844. The lowest BCUT2D eigenvalue weighted by Gasteiger charge is -2.35. The molecule has 2 rings (SSSR count). The molecule has 0 aliphatic carbocycles. The Hall–Kier alpha value is -0.860. The van der Waals surface area contributed by atoms with E-state index < -0.39 is 0 Å². The molecular formula is C14H21NO. The van der Waals surface area contributed by atoms with Crippen molar-refractivity contribution >= 4 is 0 Å². The molecule has 0 unspecified atom stereocenters. The van der Waals surface area contributed by atoms with E-state index in [9.17, 15) is 5.11 Å². The minimum Gasteiger partial charge on any atom is -0.387 e. The fourth-order valence-corrected chi connectivity index (χ4v) is 2.45. The average molecular weight is 219 g/mol. The van der Waals surface area contributed by atoms with Crippen LogP contribution in [0.1, 0.15) is 37.9 Å². The first-order valence-corrected chi connectivity index (χ1v) is 6.26. The van der Waals surface area contributed by atoms with Crippen LogP contribution in [0.2, 0.25) is 0 Å². The van der Waals surface area contributed by atoms with Crippen molar-refractivity contribution in [1.29, 1.82) is 0 Å². The Labute approximate surface area is 97.9 Å². The lowest BCUT2D eigenvalue weighted by Crippen LogP contribution is -2.40. The number of aliphatic hydroxyl groups is 1. The zero-order valence-electron chi connectivity index (χ0n) is 9.97. The zero-order valence-corrected chi connectivity index (χ0v) is 9.97. The molecule has 0 amide bonds. The molecule has 1 aromatic rings. The van der Waals surface area contributed by atoms with Crippen molar-refractivity contribution in [2.75, 3.05) is 13.1 Å². The molecule has 1 saturated heterocycles. The van der Waals surface area contributed by atoms with Crippen LogP contribution in [0.25, 0.3) is 0 Å². The van der Waals surface area contributed by atoms with E-state index in [-0.39, 0.29) is 12.1 Å². The van der Waals surface area contributed by atoms with Gasteiger partial charge in [0.05, 0.1) is 6.10 Å². The summed E-state index contributed by atoms with van der Waals surface area (Å²) < 4.78 is 0. The molecule has 16 heavy (non-hydrogen) atoms. The minimum atomic E-state index is -0.362. The SMILES string of the molecule is C[C@@H]([C@@H](O)c1ccccc1)N1CCCCC1. The average Bonchev–Trinajstić information content (AvgIpc) is 2.39. The molecule has 2 nitrogen and oxygen atoms in total. The molecule has 1 fully saturated rings. The van der Waals surface area contributed by atoms with Gasteiger partial charge in [0, 0.05) is 6.04 Å². The number of nitrogens with zero attached hydrogens (tertiary/aromatic N) is 1. The maximum Gasteiger partial charge on any atom is 0.0942 e. The van der Waals surface area contributed by atoms with Crippen LogP contribution in [0.5, 0.6) is 0 Å². The highest BCUT2D eigenvalue weighted by Gasteiger charge is 2.23. The highest BCUT2D eigenvalue weighted by molar-refractivity contribution is 5.18. The molecule has 0 bridgehead atoms. The minimum absolute atomic E-state index is 0.225. The van der Waals surface area contributed by atoms with Gasteiger partial charge < -0.3 is 5.11 Å². The second kappa shape index (κ2) is 5.46. The smallest absolute Gasteiger partial charge is 0.0942 e. The molecule has 1 aliphatic heterocycles. The van der Waals surface area contributed by atoms with Crippen molar-refractivity contribution in [3.63, 3.8) is 0 Å². The Balaban J connectivity index is 2.00. The summed E-state index contributed by atoms with van der Waals surface area (Å²) in [6.07, 6.45) is 3.52. The summed E-state index contributed by atoms with van der Waals surface area (Å²) >= 11 is 0. The number of aliphatic hydroxyl groups excluding tert-OH is 1. The van der Waals surface area contributed by atoms with E-state index >= 15 is 0 Å². The Kier molecular flexibility index (Phi) is 3.97. The Morgan fingerprint density at radius 3 is 2.31 bits per heavy atom. The summed E-state index contributed by atoms with van der Waals surface area (Å²) in [5.74, 6) is 0. The first kappa shape index (κ1) is 11.6. The third-order valence-corrected chi connectivity index (χ3v) is 3.56. The first-order valence-electron chi connectivity index (χ1n) is 6.26. The molecule has 1 heterocycles. The standard InChI is InChI=1S/C14H21NO/c1-12(15-10-6-3-7-11-15)14(16)13-8-4-2-5-9-13/h2,4-5,8-9,12,14,16H,3,6-7,10-11H2,1H3/t12-,14+/m0/s1. The number of likely N-dealkylation sites (tertiary alicyclic amines) is 1. The third-order valence-electron chi connectivity index (χ3n) is 3.56. The molecule has 0 saturated carbocycles. The normalized spacial score (nSPS) is 21.6. The molecule has 2 atom stereocenters. The summed E-state index contributed by atoms with van der Waals surface area (Å²) in [6, 6.07) is 10.2. The zero-order chi connectivity index (χ0) is 11.4. The Morgan fingerprint density at radius 1 is 1.06 bits per heavy atom. The molecule has 0 radical (unpaired) electrons. The summed E-state index contributed by atoms with van der Waals surface area (Å²) in [5, 5.41) is 10.3. The van der Waals surface area contributed by atoms with E-state index in [0.717, 1.165) is 18.7 Å². The van der Waals surface area contributed by atoms with Crippen LogP contribution in [0, 0.1) is 0 Å². The van der Waals surface area contributed by atoms with Crippen molar-refractivity contribution in [3.8, 4) is 0 Å². The predicted molar refractivity (Wildman–Crippen MR) is 66.3 cm³/mol. The molecule has 0 aromatic heterocycles. The van der Waals surface area contributed by atoms with Crippen LogP contribution in [-0.2, 0) is 0 Å². The molecule has 1 aliphatic rings. The third kappa shape index (κ3) is 2.63. The molecule has 0 spiro atoms. The van der Waals surface area contributed by atoms with E-state index in [1.165, 1.54) is 19.3 Å². The van der Waals surface area contributed by atoms with Crippen LogP contribution in [-0.4, -0.2) is 29.1 Å². The fourth-order valence-electron chi connectivity index (χ4n) is 2.45. The number of piperidine rings is 1. The maximum atomic E-state index is 10.3. The van der Waals surface area contributed by atoms with E-state index in [4.69, 9.17) is 0 Å². The summed E-state index contributed by atoms with van der Waals surface area (Å²) in [4.78, 5) is 2.40. The second-order valence-corrected chi connectivity index (χ2v) is 4.69. The van der Waals surface area contributed by atoms with Crippen LogP contribution >= 0.6 is 0 Å². The monoisotopic (exact) mass is 219 g/mol. The molecular weight excluding hydrogens is 198 g/mol. The maximum absolute atomic E-state index is 10.3. The molecule has 2 heteroatoms. The number of hydrogen-bond acceptors (Lipinski definition) is 2. The summed E-state index contributed by atoms with van der Waals surface area (Å²) in [6.45, 7) is 4.39. The van der Waals surface area contributed by atoms with E-state index in [2.05, 4.69) is 11.8 Å². The fraction of sp³-hybridized carbons (Fsp3) is 0.571. The van der Waals surface area contributed by atoms with E-state index in [0.29, 0.717) is 0 Å². The molecule has 1 aromatic carbocycles. The van der Waals surface area contributed by atoms with Gasteiger partial charge in [-0.25, -0.2) is 0 Å². The van der Waals surface area contributed by atoms with E-state index in [1.807, 2.05) is 30.3 Å². The molecule has 1 N–H and O–H groups in total. The van der Waals surface area contributed by atoms with Gasteiger partial charge in [0.25, 0.3) is 0 Å². The van der Waals surface area contributed by atoms with Crippen molar-refractivity contribution in [1.82, 2.24) is 4.90 Å². The van der Waals surface area contributed by atoms with Gasteiger partial charge in [-0.3, -0.25) is 4.90 Å². The van der Waals surface area contributed by atoms with Crippen molar-refractivity contribution in [2.24, 2.45) is 0 Å². The Bertz CT molecular complexity index is 306. The Morgan fingerprint density at radius 2 is 1.69 bits per heavy atom. The van der Waals surface area contributed by atoms with Gasteiger partial charge in [-0.2, -0.15) is 0 Å². The van der Waals surface area contributed by atoms with Gasteiger partial charge in [0.2, 0.25) is 0 Å². The van der Waals surface area contributed by atoms with Crippen molar-refractivity contribution < 1.29 is 5.11 Å². The van der Waals surface area contributed by atoms with E-state index in [1.54, 1.807) is 0 Å². The van der Waals surface area contributed by atoms with Crippen LogP contribution < -0.4 is 0 Å². The van der Waals surface area contributed by atoms with Gasteiger partial charge in [-0.1, -0.05) is 36.8 Å². The van der Waals surface area contributed by atoms with Gasteiger partial charge in [0.15, 0.2) is 0 Å². The van der Waals surface area contributed by atoms with Gasteiger partial charge in [0.1, 0.15) is 0 Å². The number of benzene rings is 1. The largest absolute Gasteiger partial charge is 0.387 e. The lowest BCUT2D eigenvalue weighted by atomic mass is 10.00. The summed E-state index contributed by atoms with van der Waals surface area (Å²) in [7, 11) is 0. The van der Waals surface area contributed by atoms with Gasteiger partial charge in [-0.15, -0.1) is 0 Å². The van der Waals surface area contributed by atoms with Crippen LogP contribution in [0.3, 0.4) is 0 Å². The topological polar surface area (TPSA) is 23.5 Å². The summed E-state index contributed by atoms with van der Waals surface area (Å²) in [5.41, 5.74) is 1.03.